The molecular formula is C23H26N4OS. The van der Waals surface area contributed by atoms with Gasteiger partial charge in [-0.2, -0.15) is 0 Å². The van der Waals surface area contributed by atoms with Crippen molar-refractivity contribution in [2.45, 2.75) is 33.4 Å². The van der Waals surface area contributed by atoms with Gasteiger partial charge in [0.2, 0.25) is 0 Å². The number of fused-ring (bicyclic) bond motifs is 2. The number of methoxy groups -OCH3 is 1. The van der Waals surface area contributed by atoms with E-state index in [1.807, 2.05) is 6.07 Å². The summed E-state index contributed by atoms with van der Waals surface area (Å²) in [6, 6.07) is 12.7. The Morgan fingerprint density at radius 2 is 1.83 bits per heavy atom. The van der Waals surface area contributed by atoms with E-state index in [0.717, 1.165) is 28.3 Å². The van der Waals surface area contributed by atoms with Crippen molar-refractivity contribution in [2.24, 2.45) is 0 Å². The number of benzene rings is 2. The van der Waals surface area contributed by atoms with Gasteiger partial charge in [-0.1, -0.05) is 18.2 Å². The summed E-state index contributed by atoms with van der Waals surface area (Å²) in [5.74, 6) is 2.22. The van der Waals surface area contributed by atoms with Gasteiger partial charge in [-0.3, -0.25) is 4.90 Å². The van der Waals surface area contributed by atoms with Gasteiger partial charge in [0.1, 0.15) is 22.2 Å². The summed E-state index contributed by atoms with van der Waals surface area (Å²) in [4.78, 5) is 13.9. The molecule has 0 aliphatic heterocycles. The van der Waals surface area contributed by atoms with Crippen LogP contribution in [0.5, 0.6) is 5.75 Å². The van der Waals surface area contributed by atoms with Crippen LogP contribution < -0.4 is 10.5 Å². The Morgan fingerprint density at radius 1 is 1.10 bits per heavy atom. The average Bonchev–Trinajstić information content (AvgIpc) is 3.00. The highest BCUT2D eigenvalue weighted by Gasteiger charge is 2.19. The third-order valence-corrected chi connectivity index (χ3v) is 6.75. The molecule has 4 aromatic rings. The Balaban J connectivity index is 1.58. The zero-order valence-electron chi connectivity index (χ0n) is 17.5. The van der Waals surface area contributed by atoms with Crippen LogP contribution in [0.15, 0.2) is 36.4 Å². The molecule has 0 radical (unpaired) electrons. The first-order chi connectivity index (χ1) is 13.9. The Morgan fingerprint density at radius 3 is 2.59 bits per heavy atom. The van der Waals surface area contributed by atoms with Crippen LogP contribution in [-0.4, -0.2) is 29.0 Å². The van der Waals surface area contributed by atoms with E-state index in [9.17, 15) is 0 Å². The number of aryl methyl sites for hydroxylation is 2. The molecule has 1 atom stereocenters. The quantitative estimate of drug-likeness (QED) is 0.491. The van der Waals surface area contributed by atoms with E-state index in [1.54, 1.807) is 18.4 Å². The van der Waals surface area contributed by atoms with Gasteiger partial charge in [-0.25, -0.2) is 9.97 Å². The molecule has 0 saturated heterocycles. The van der Waals surface area contributed by atoms with Crippen LogP contribution in [0.2, 0.25) is 0 Å². The highest BCUT2D eigenvalue weighted by atomic mass is 32.1. The van der Waals surface area contributed by atoms with Crippen LogP contribution in [0.3, 0.4) is 0 Å². The molecule has 0 fully saturated rings. The van der Waals surface area contributed by atoms with Gasteiger partial charge < -0.3 is 10.5 Å². The first-order valence-electron chi connectivity index (χ1n) is 9.67. The van der Waals surface area contributed by atoms with Crippen molar-refractivity contribution in [3.63, 3.8) is 0 Å². The molecule has 2 heterocycles. The molecule has 0 unspecified atom stereocenters. The fourth-order valence-corrected chi connectivity index (χ4v) is 4.65. The minimum Gasteiger partial charge on any atom is -0.497 e. The maximum absolute atomic E-state index is 6.27. The number of nitrogen functional groups attached to an aromatic ring is 1. The van der Waals surface area contributed by atoms with Gasteiger partial charge in [0, 0.05) is 11.4 Å². The molecule has 0 aliphatic carbocycles. The normalized spacial score (nSPS) is 12.8. The summed E-state index contributed by atoms with van der Waals surface area (Å²) in [5.41, 5.74) is 8.70. The third kappa shape index (κ3) is 3.66. The maximum Gasteiger partial charge on any atom is 0.149 e. The Bertz CT molecular complexity index is 1200. The Hall–Kier alpha value is -2.70. The van der Waals surface area contributed by atoms with E-state index in [2.05, 4.69) is 68.0 Å². The minimum absolute atomic E-state index is 0.0518. The SMILES string of the molecule is COc1ccc2cc(CN(C)[C@@H](C)c3nc(N)c4c(C)c(C)sc4n3)ccc2c1. The number of ether oxygens (including phenoxy) is 1. The molecule has 2 N–H and O–H groups in total. The van der Waals surface area contributed by atoms with Crippen molar-refractivity contribution in [3.05, 3.63) is 58.2 Å². The molecular weight excluding hydrogens is 380 g/mol. The van der Waals surface area contributed by atoms with E-state index in [0.29, 0.717) is 5.82 Å². The van der Waals surface area contributed by atoms with Crippen LogP contribution in [0.25, 0.3) is 21.0 Å². The lowest BCUT2D eigenvalue weighted by molar-refractivity contribution is 0.244. The maximum atomic E-state index is 6.27. The molecule has 4 rings (SSSR count). The number of aromatic nitrogens is 2. The summed E-state index contributed by atoms with van der Waals surface area (Å²) in [5, 5.41) is 3.38. The van der Waals surface area contributed by atoms with Crippen LogP contribution in [0.1, 0.15) is 34.8 Å². The predicted molar refractivity (Wildman–Crippen MR) is 122 cm³/mol. The zero-order chi connectivity index (χ0) is 20.7. The van der Waals surface area contributed by atoms with Gasteiger partial charge in [0.05, 0.1) is 18.5 Å². The lowest BCUT2D eigenvalue weighted by atomic mass is 10.1. The second kappa shape index (κ2) is 7.61. The second-order valence-electron chi connectivity index (χ2n) is 7.57. The highest BCUT2D eigenvalue weighted by Crippen LogP contribution is 2.33. The van der Waals surface area contributed by atoms with Crippen molar-refractivity contribution in [1.82, 2.24) is 14.9 Å². The van der Waals surface area contributed by atoms with Crippen LogP contribution in [-0.2, 0) is 6.54 Å². The van der Waals surface area contributed by atoms with Crippen LogP contribution >= 0.6 is 11.3 Å². The predicted octanol–water partition coefficient (Wildman–Crippen LogP) is 5.25. The standard InChI is InChI=1S/C23H26N4OS/c1-13-15(3)29-23-20(13)21(24)25-22(26-23)14(2)27(4)12-16-6-7-18-11-19(28-5)9-8-17(18)10-16/h6-11,14H,12H2,1-5H3,(H2,24,25,26)/t14-/m0/s1. The molecule has 0 bridgehead atoms. The van der Waals surface area contributed by atoms with Crippen LogP contribution in [0.4, 0.5) is 5.82 Å². The zero-order valence-corrected chi connectivity index (χ0v) is 18.3. The molecule has 2 aromatic heterocycles. The monoisotopic (exact) mass is 406 g/mol. The van der Waals surface area contributed by atoms with Crippen molar-refractivity contribution in [3.8, 4) is 5.75 Å². The number of nitrogens with zero attached hydrogens (tertiary/aromatic N) is 3. The minimum atomic E-state index is 0.0518. The molecule has 0 aliphatic rings. The summed E-state index contributed by atoms with van der Waals surface area (Å²) in [6.07, 6.45) is 0. The number of rotatable bonds is 5. The smallest absolute Gasteiger partial charge is 0.149 e. The molecule has 2 aromatic carbocycles. The van der Waals surface area contributed by atoms with Crippen molar-refractivity contribution in [1.29, 1.82) is 0 Å². The van der Waals surface area contributed by atoms with E-state index >= 15 is 0 Å². The van der Waals surface area contributed by atoms with E-state index in [1.165, 1.54) is 26.8 Å². The van der Waals surface area contributed by atoms with Gasteiger partial charge >= 0.3 is 0 Å². The fraction of sp³-hybridized carbons (Fsp3) is 0.304. The first-order valence-corrected chi connectivity index (χ1v) is 10.5. The van der Waals surface area contributed by atoms with Crippen LogP contribution in [0, 0.1) is 13.8 Å². The fourth-order valence-electron chi connectivity index (χ4n) is 3.61. The van der Waals surface area contributed by atoms with Crippen molar-refractivity contribution < 1.29 is 4.74 Å². The average molecular weight is 407 g/mol. The molecule has 0 amide bonds. The van der Waals surface area contributed by atoms with Crippen molar-refractivity contribution in [2.75, 3.05) is 19.9 Å². The van der Waals surface area contributed by atoms with E-state index in [4.69, 9.17) is 15.5 Å². The van der Waals surface area contributed by atoms with E-state index in [-0.39, 0.29) is 6.04 Å². The van der Waals surface area contributed by atoms with Gasteiger partial charge in [0.25, 0.3) is 0 Å². The third-order valence-electron chi connectivity index (χ3n) is 5.65. The largest absolute Gasteiger partial charge is 0.497 e. The summed E-state index contributed by atoms with van der Waals surface area (Å²) >= 11 is 1.68. The number of hydrogen-bond acceptors (Lipinski definition) is 6. The second-order valence-corrected chi connectivity index (χ2v) is 8.77. The molecule has 6 heteroatoms. The van der Waals surface area contributed by atoms with Gasteiger partial charge in [-0.05, 0) is 67.9 Å². The lowest BCUT2D eigenvalue weighted by Gasteiger charge is -2.24. The van der Waals surface area contributed by atoms with Gasteiger partial charge in [0.15, 0.2) is 0 Å². The van der Waals surface area contributed by atoms with Gasteiger partial charge in [-0.15, -0.1) is 11.3 Å². The summed E-state index contributed by atoms with van der Waals surface area (Å²) < 4.78 is 5.32. The molecule has 29 heavy (non-hydrogen) atoms. The lowest BCUT2D eigenvalue weighted by Crippen LogP contribution is -2.24. The number of hydrogen-bond donors (Lipinski definition) is 1. The number of anilines is 1. The van der Waals surface area contributed by atoms with Crippen molar-refractivity contribution >= 4 is 38.1 Å². The first kappa shape index (κ1) is 19.6. The Kier molecular flexibility index (Phi) is 5.15. The summed E-state index contributed by atoms with van der Waals surface area (Å²) in [6.45, 7) is 7.11. The molecule has 0 spiro atoms. The molecule has 5 nitrogen and oxygen atoms in total. The highest BCUT2D eigenvalue weighted by molar-refractivity contribution is 7.18. The summed E-state index contributed by atoms with van der Waals surface area (Å²) in [7, 11) is 3.79. The molecule has 0 saturated carbocycles. The topological polar surface area (TPSA) is 64.3 Å². The number of nitrogens with two attached hydrogens (primary N) is 1. The van der Waals surface area contributed by atoms with E-state index < -0.39 is 0 Å². The molecule has 150 valence electrons. The Labute approximate surface area is 175 Å². The number of thiophene rings is 1.